The molecule has 1 rings (SSSR count). The molecule has 0 saturated carbocycles. The smallest absolute Gasteiger partial charge is 0.192 e. The van der Waals surface area contributed by atoms with Gasteiger partial charge in [-0.2, -0.15) is 0 Å². The van der Waals surface area contributed by atoms with Gasteiger partial charge in [0.25, 0.3) is 0 Å². The van der Waals surface area contributed by atoms with Crippen molar-refractivity contribution in [2.75, 3.05) is 7.11 Å². The first-order valence-electron chi connectivity index (χ1n) is 4.48. The number of ether oxygens (including phenoxy) is 1. The number of nitrogens with one attached hydrogen (secondary N) is 1. The van der Waals surface area contributed by atoms with Gasteiger partial charge in [-0.15, -0.1) is 4.91 Å². The Bertz CT molecular complexity index is 317. The summed E-state index contributed by atoms with van der Waals surface area (Å²) < 4.78 is 4.96. The predicted molar refractivity (Wildman–Crippen MR) is 55.4 cm³/mol. The Hall–Kier alpha value is -1.50. The number of rotatable bonds is 2. The van der Waals surface area contributed by atoms with Crippen LogP contribution in [-0.2, 0) is 4.74 Å². The first kappa shape index (κ1) is 11.6. The fourth-order valence-corrected chi connectivity index (χ4v) is 1.63. The summed E-state index contributed by atoms with van der Waals surface area (Å²) in [5, 5.41) is 21.1. The average Bonchev–Trinajstić information content (AvgIpc) is 2.22. The van der Waals surface area contributed by atoms with Crippen molar-refractivity contribution in [2.45, 2.75) is 25.8 Å². The summed E-state index contributed by atoms with van der Waals surface area (Å²) in [6, 6.07) is 0. The van der Waals surface area contributed by atoms with E-state index in [1.165, 1.54) is 14.0 Å². The number of nitrogens with zero attached hydrogens (tertiary/aromatic N) is 3. The Morgan fingerprint density at radius 1 is 1.80 bits per heavy atom. The van der Waals surface area contributed by atoms with E-state index in [2.05, 4.69) is 10.3 Å². The van der Waals surface area contributed by atoms with E-state index in [0.29, 0.717) is 5.90 Å². The summed E-state index contributed by atoms with van der Waals surface area (Å²) in [7, 11) is 1.46. The molecule has 15 heavy (non-hydrogen) atoms. The third-order valence-electron chi connectivity index (χ3n) is 2.56. The van der Waals surface area contributed by atoms with Crippen LogP contribution in [0.1, 0.15) is 20.3 Å². The van der Waals surface area contributed by atoms with E-state index in [0.717, 1.165) is 0 Å². The number of hydrogen-bond acceptors (Lipinski definition) is 5. The SMILES string of the molecule is COC1=NC(=N)C(C)(N([O-])N=O)CC1C. The molecule has 0 bridgehead atoms. The van der Waals surface area contributed by atoms with Gasteiger partial charge in [-0.1, -0.05) is 6.92 Å². The molecule has 0 aromatic heterocycles. The Morgan fingerprint density at radius 3 is 2.87 bits per heavy atom. The standard InChI is InChI=1S/C8H13N4O3/c1-5-4-8(2,12(14)11-13)7(9)10-6(5)15-3/h5,9H,4H2,1-3H3/q-1. The molecule has 84 valence electrons. The van der Waals surface area contributed by atoms with Crippen molar-refractivity contribution < 1.29 is 4.74 Å². The van der Waals surface area contributed by atoms with Crippen LogP contribution in [0.15, 0.2) is 10.3 Å². The number of hydrogen-bond donors (Lipinski definition) is 1. The van der Waals surface area contributed by atoms with Gasteiger partial charge in [0, 0.05) is 11.2 Å². The van der Waals surface area contributed by atoms with Gasteiger partial charge in [0.1, 0.15) is 5.54 Å². The second-order valence-electron chi connectivity index (χ2n) is 3.74. The second kappa shape index (κ2) is 3.93. The van der Waals surface area contributed by atoms with E-state index >= 15 is 0 Å². The molecule has 2 unspecified atom stereocenters. The van der Waals surface area contributed by atoms with Gasteiger partial charge in [-0.05, 0) is 13.3 Å². The normalized spacial score (nSPS) is 30.8. The van der Waals surface area contributed by atoms with Gasteiger partial charge in [-0.25, -0.2) is 4.99 Å². The highest BCUT2D eigenvalue weighted by Crippen LogP contribution is 2.30. The van der Waals surface area contributed by atoms with Crippen molar-refractivity contribution in [3.63, 3.8) is 0 Å². The second-order valence-corrected chi connectivity index (χ2v) is 3.74. The average molecular weight is 213 g/mol. The first-order valence-corrected chi connectivity index (χ1v) is 4.48. The third kappa shape index (κ3) is 1.82. The largest absolute Gasteiger partial charge is 0.739 e. The highest BCUT2D eigenvalue weighted by molar-refractivity contribution is 6.01. The third-order valence-corrected chi connectivity index (χ3v) is 2.56. The lowest BCUT2D eigenvalue weighted by Crippen LogP contribution is -2.51. The maximum Gasteiger partial charge on any atom is 0.192 e. The van der Waals surface area contributed by atoms with Crippen LogP contribution in [0, 0.1) is 21.4 Å². The Kier molecular flexibility index (Phi) is 3.04. The van der Waals surface area contributed by atoms with Crippen molar-refractivity contribution in [1.82, 2.24) is 5.17 Å². The minimum absolute atomic E-state index is 0.0121. The molecule has 0 amide bonds. The molecule has 0 aromatic carbocycles. The molecule has 1 aliphatic heterocycles. The Balaban J connectivity index is 3.03. The van der Waals surface area contributed by atoms with Crippen LogP contribution >= 0.6 is 0 Å². The van der Waals surface area contributed by atoms with E-state index in [1.807, 2.05) is 6.92 Å². The van der Waals surface area contributed by atoms with Crippen LogP contribution in [0.4, 0.5) is 0 Å². The number of hydroxylamine groups is 1. The molecule has 0 aromatic rings. The zero-order valence-electron chi connectivity index (χ0n) is 8.85. The molecule has 1 N–H and O–H groups in total. The molecular formula is C8H13N4O3-. The van der Waals surface area contributed by atoms with Crippen molar-refractivity contribution >= 4 is 11.7 Å². The summed E-state index contributed by atoms with van der Waals surface area (Å²) in [5.74, 6) is 0.0797. The van der Waals surface area contributed by atoms with Crippen LogP contribution < -0.4 is 0 Å². The predicted octanol–water partition coefficient (Wildman–Crippen LogP) is 1.29. The van der Waals surface area contributed by atoms with Crippen molar-refractivity contribution in [3.05, 3.63) is 10.1 Å². The molecule has 0 spiro atoms. The van der Waals surface area contributed by atoms with E-state index in [-0.39, 0.29) is 23.3 Å². The Labute approximate surface area is 87.2 Å². The van der Waals surface area contributed by atoms with Crippen molar-refractivity contribution in [1.29, 1.82) is 5.41 Å². The molecule has 1 aliphatic rings. The van der Waals surface area contributed by atoms with Gasteiger partial charge in [0.15, 0.2) is 11.7 Å². The fraction of sp³-hybridized carbons (Fsp3) is 0.750. The minimum Gasteiger partial charge on any atom is -0.739 e. The molecule has 2 atom stereocenters. The summed E-state index contributed by atoms with van der Waals surface area (Å²) in [6.45, 7) is 3.28. The maximum atomic E-state index is 11.2. The molecule has 0 fully saturated rings. The van der Waals surface area contributed by atoms with E-state index in [9.17, 15) is 10.1 Å². The summed E-state index contributed by atoms with van der Waals surface area (Å²) in [6.07, 6.45) is 0.285. The fourth-order valence-electron chi connectivity index (χ4n) is 1.63. The van der Waals surface area contributed by atoms with Gasteiger partial charge in [-0.3, -0.25) is 5.41 Å². The maximum absolute atomic E-state index is 11.2. The summed E-state index contributed by atoms with van der Waals surface area (Å²) in [4.78, 5) is 14.0. The molecular weight excluding hydrogens is 200 g/mol. The Morgan fingerprint density at radius 2 is 2.40 bits per heavy atom. The van der Waals surface area contributed by atoms with Crippen LogP contribution in [0.3, 0.4) is 0 Å². The number of nitroso groups, excluding NO2 is 1. The summed E-state index contributed by atoms with van der Waals surface area (Å²) >= 11 is 0. The zero-order valence-corrected chi connectivity index (χ0v) is 8.85. The van der Waals surface area contributed by atoms with E-state index in [1.54, 1.807) is 0 Å². The van der Waals surface area contributed by atoms with E-state index < -0.39 is 5.54 Å². The molecule has 0 saturated heterocycles. The summed E-state index contributed by atoms with van der Waals surface area (Å²) in [5.41, 5.74) is -1.29. The molecule has 7 nitrogen and oxygen atoms in total. The van der Waals surface area contributed by atoms with Crippen LogP contribution in [-0.4, -0.2) is 29.6 Å². The van der Waals surface area contributed by atoms with Gasteiger partial charge < -0.3 is 15.1 Å². The lowest BCUT2D eigenvalue weighted by molar-refractivity contribution is 0.201. The topological polar surface area (TPSA) is 101 Å². The van der Waals surface area contributed by atoms with Crippen LogP contribution in [0.2, 0.25) is 0 Å². The number of aliphatic imine (C=N–C) groups is 1. The van der Waals surface area contributed by atoms with Gasteiger partial charge in [0.2, 0.25) is 0 Å². The minimum atomic E-state index is -1.29. The zero-order chi connectivity index (χ0) is 11.6. The van der Waals surface area contributed by atoms with E-state index in [4.69, 9.17) is 10.1 Å². The van der Waals surface area contributed by atoms with Crippen molar-refractivity contribution in [3.8, 4) is 0 Å². The molecule has 0 aliphatic carbocycles. The number of amidine groups is 1. The first-order chi connectivity index (χ1) is 6.95. The van der Waals surface area contributed by atoms with Gasteiger partial charge >= 0.3 is 0 Å². The molecule has 0 radical (unpaired) electrons. The number of methoxy groups -OCH3 is 1. The van der Waals surface area contributed by atoms with Crippen LogP contribution in [0.5, 0.6) is 0 Å². The lowest BCUT2D eigenvalue weighted by atomic mass is 9.86. The van der Waals surface area contributed by atoms with Crippen molar-refractivity contribution in [2.24, 2.45) is 16.2 Å². The lowest BCUT2D eigenvalue weighted by Gasteiger charge is -2.43. The van der Waals surface area contributed by atoms with Crippen LogP contribution in [0.25, 0.3) is 0 Å². The molecule has 1 heterocycles. The monoisotopic (exact) mass is 213 g/mol. The van der Waals surface area contributed by atoms with Gasteiger partial charge in [0.05, 0.1) is 7.11 Å². The highest BCUT2D eigenvalue weighted by Gasteiger charge is 2.39. The highest BCUT2D eigenvalue weighted by atomic mass is 16.6. The molecule has 7 heteroatoms. The quantitative estimate of drug-likeness (QED) is 0.551.